The Morgan fingerprint density at radius 3 is 2.44 bits per heavy atom. The van der Waals surface area contributed by atoms with Crippen molar-refractivity contribution in [3.63, 3.8) is 0 Å². The molecule has 1 aliphatic heterocycles. The number of carbonyl (C=O) groups excluding carboxylic acids is 1. The molecule has 0 spiro atoms. The van der Waals surface area contributed by atoms with Crippen molar-refractivity contribution in [3.8, 4) is 23.0 Å². The summed E-state index contributed by atoms with van der Waals surface area (Å²) in [6.07, 6.45) is 1.50. The number of methoxy groups -OCH3 is 2. The van der Waals surface area contributed by atoms with Gasteiger partial charge in [0.15, 0.2) is 11.5 Å². The molecule has 1 amide bonds. The number of hydrogen-bond acceptors (Lipinski definition) is 7. The fourth-order valence-electron chi connectivity index (χ4n) is 3.23. The Hall–Kier alpha value is -2.85. The summed E-state index contributed by atoms with van der Waals surface area (Å²) in [4.78, 5) is 12.5. The van der Waals surface area contributed by atoms with Crippen LogP contribution in [0.2, 0.25) is 5.02 Å². The molecule has 1 heterocycles. The number of anilines is 2. The summed E-state index contributed by atoms with van der Waals surface area (Å²) in [6.45, 7) is 0.961. The lowest BCUT2D eigenvalue weighted by Crippen LogP contribution is -2.31. The Balaban J connectivity index is 1.66. The summed E-state index contributed by atoms with van der Waals surface area (Å²) in [6, 6.07) is 8.06. The van der Waals surface area contributed by atoms with Crippen molar-refractivity contribution in [3.05, 3.63) is 35.4 Å². The van der Waals surface area contributed by atoms with Gasteiger partial charge in [0.2, 0.25) is 15.9 Å². The number of benzene rings is 2. The van der Waals surface area contributed by atoms with Gasteiger partial charge in [-0.1, -0.05) is 11.6 Å². The van der Waals surface area contributed by atoms with Crippen LogP contribution in [0.1, 0.15) is 12.8 Å². The van der Waals surface area contributed by atoms with Gasteiger partial charge >= 0.3 is 0 Å². The van der Waals surface area contributed by atoms with E-state index >= 15 is 0 Å². The van der Waals surface area contributed by atoms with Crippen molar-refractivity contribution in [1.82, 2.24) is 0 Å². The fraction of sp³-hybridized carbons (Fsp3) is 0.381. The third-order valence-corrected chi connectivity index (χ3v) is 6.22. The number of rotatable bonds is 9. The molecule has 0 unspecified atom stereocenters. The summed E-state index contributed by atoms with van der Waals surface area (Å²) in [5, 5.41) is 3.10. The maximum Gasteiger partial charge on any atom is 0.232 e. The van der Waals surface area contributed by atoms with Gasteiger partial charge in [-0.25, -0.2) is 8.42 Å². The van der Waals surface area contributed by atoms with Crippen LogP contribution in [0, 0.1) is 0 Å². The standard InChI is InChI=1S/C21H25ClN2O7S/c1-28-18-13-16(19(29-2)12-15(18)22)23-21(25)5-4-8-24(32(3,26)27)14-6-7-17-20(11-14)31-10-9-30-17/h6-7,11-13H,4-5,8-10H2,1-3H3,(H,23,25). The fourth-order valence-corrected chi connectivity index (χ4v) is 4.42. The summed E-state index contributed by atoms with van der Waals surface area (Å²) in [5.41, 5.74) is 0.854. The first-order valence-corrected chi connectivity index (χ1v) is 12.0. The minimum absolute atomic E-state index is 0.0880. The largest absolute Gasteiger partial charge is 0.495 e. The van der Waals surface area contributed by atoms with Crippen LogP contribution in [-0.2, 0) is 14.8 Å². The maximum atomic E-state index is 12.5. The monoisotopic (exact) mass is 484 g/mol. The molecule has 11 heteroatoms. The Morgan fingerprint density at radius 2 is 1.78 bits per heavy atom. The van der Waals surface area contributed by atoms with Crippen molar-refractivity contribution in [2.24, 2.45) is 0 Å². The molecule has 3 rings (SSSR count). The van der Waals surface area contributed by atoms with Gasteiger partial charge in [0, 0.05) is 31.2 Å². The number of carbonyl (C=O) groups is 1. The second-order valence-electron chi connectivity index (χ2n) is 7.00. The number of nitrogens with zero attached hydrogens (tertiary/aromatic N) is 1. The van der Waals surface area contributed by atoms with E-state index in [4.69, 9.17) is 30.5 Å². The number of sulfonamides is 1. The Labute approximate surface area is 192 Å². The molecule has 0 saturated heterocycles. The lowest BCUT2D eigenvalue weighted by molar-refractivity contribution is -0.116. The molecule has 2 aromatic carbocycles. The maximum absolute atomic E-state index is 12.5. The van der Waals surface area contributed by atoms with E-state index in [1.807, 2.05) is 0 Å². The zero-order chi connectivity index (χ0) is 23.3. The Kier molecular flexibility index (Phi) is 7.57. The van der Waals surface area contributed by atoms with Gasteiger partial charge < -0.3 is 24.3 Å². The number of amides is 1. The molecule has 0 radical (unpaired) electrons. The van der Waals surface area contributed by atoms with Crippen molar-refractivity contribution in [2.75, 3.05) is 49.9 Å². The van der Waals surface area contributed by atoms with Gasteiger partial charge in [0.25, 0.3) is 0 Å². The zero-order valence-corrected chi connectivity index (χ0v) is 19.6. The first-order chi connectivity index (χ1) is 15.2. The van der Waals surface area contributed by atoms with Crippen LogP contribution >= 0.6 is 11.6 Å². The van der Waals surface area contributed by atoms with Crippen molar-refractivity contribution >= 4 is 38.9 Å². The number of nitrogens with one attached hydrogen (secondary N) is 1. The van der Waals surface area contributed by atoms with Gasteiger partial charge in [-0.2, -0.15) is 0 Å². The van der Waals surface area contributed by atoms with E-state index in [1.165, 1.54) is 18.5 Å². The minimum atomic E-state index is -3.57. The average Bonchev–Trinajstić information content (AvgIpc) is 2.76. The highest BCUT2D eigenvalue weighted by Crippen LogP contribution is 2.36. The zero-order valence-electron chi connectivity index (χ0n) is 18.0. The normalized spacial score (nSPS) is 12.8. The first-order valence-electron chi connectivity index (χ1n) is 9.81. The van der Waals surface area contributed by atoms with E-state index in [0.717, 1.165) is 6.26 Å². The smallest absolute Gasteiger partial charge is 0.232 e. The lowest BCUT2D eigenvalue weighted by atomic mass is 10.2. The van der Waals surface area contributed by atoms with Crippen LogP contribution in [0.25, 0.3) is 0 Å². The van der Waals surface area contributed by atoms with E-state index in [0.29, 0.717) is 59.0 Å². The Morgan fingerprint density at radius 1 is 1.09 bits per heavy atom. The SMILES string of the molecule is COc1cc(NC(=O)CCCN(c2ccc3c(c2)OCCO3)S(C)(=O)=O)c(OC)cc1Cl. The topological polar surface area (TPSA) is 103 Å². The van der Waals surface area contributed by atoms with Gasteiger partial charge in [0.05, 0.1) is 36.9 Å². The second-order valence-corrected chi connectivity index (χ2v) is 9.32. The molecule has 1 N–H and O–H groups in total. The molecule has 9 nitrogen and oxygen atoms in total. The molecule has 0 bridgehead atoms. The molecule has 0 aliphatic carbocycles. The molecule has 0 aromatic heterocycles. The number of halogens is 1. The van der Waals surface area contributed by atoms with Crippen LogP contribution in [0.4, 0.5) is 11.4 Å². The highest BCUT2D eigenvalue weighted by molar-refractivity contribution is 7.92. The quantitative estimate of drug-likeness (QED) is 0.582. The highest BCUT2D eigenvalue weighted by atomic mass is 35.5. The van der Waals surface area contributed by atoms with Gasteiger partial charge in [0.1, 0.15) is 24.7 Å². The molecular formula is C21H25ClN2O7S. The Bertz CT molecular complexity index is 1090. The minimum Gasteiger partial charge on any atom is -0.495 e. The molecule has 32 heavy (non-hydrogen) atoms. The van der Waals surface area contributed by atoms with E-state index in [-0.39, 0.29) is 18.9 Å². The summed E-state index contributed by atoms with van der Waals surface area (Å²) in [7, 11) is -0.639. The second kappa shape index (κ2) is 10.2. The predicted octanol–water partition coefficient (Wildman–Crippen LogP) is 3.31. The third-order valence-electron chi connectivity index (χ3n) is 4.73. The molecule has 174 valence electrons. The van der Waals surface area contributed by atoms with Crippen LogP contribution in [-0.4, -0.2) is 54.6 Å². The van der Waals surface area contributed by atoms with Crippen LogP contribution in [0.15, 0.2) is 30.3 Å². The summed E-state index contributed by atoms with van der Waals surface area (Å²) < 4.78 is 47.4. The van der Waals surface area contributed by atoms with E-state index in [1.54, 1.807) is 30.3 Å². The molecular weight excluding hydrogens is 460 g/mol. The van der Waals surface area contributed by atoms with Crippen LogP contribution < -0.4 is 28.6 Å². The lowest BCUT2D eigenvalue weighted by Gasteiger charge is -2.25. The predicted molar refractivity (Wildman–Crippen MR) is 122 cm³/mol. The third kappa shape index (κ3) is 5.68. The van der Waals surface area contributed by atoms with Crippen molar-refractivity contribution < 1.29 is 32.2 Å². The number of ether oxygens (including phenoxy) is 4. The van der Waals surface area contributed by atoms with Crippen LogP contribution in [0.5, 0.6) is 23.0 Å². The molecule has 0 saturated carbocycles. The molecule has 2 aromatic rings. The number of hydrogen-bond donors (Lipinski definition) is 1. The van der Waals surface area contributed by atoms with Gasteiger partial charge in [-0.3, -0.25) is 9.10 Å². The average molecular weight is 485 g/mol. The summed E-state index contributed by atoms with van der Waals surface area (Å²) >= 11 is 6.08. The van der Waals surface area contributed by atoms with Crippen molar-refractivity contribution in [2.45, 2.75) is 12.8 Å². The summed E-state index contributed by atoms with van der Waals surface area (Å²) in [5.74, 6) is 1.54. The highest BCUT2D eigenvalue weighted by Gasteiger charge is 2.21. The first kappa shape index (κ1) is 23.8. The van der Waals surface area contributed by atoms with Crippen LogP contribution in [0.3, 0.4) is 0 Å². The molecule has 0 fully saturated rings. The number of fused-ring (bicyclic) bond motifs is 1. The molecule has 1 aliphatic rings. The van der Waals surface area contributed by atoms with Crippen molar-refractivity contribution in [1.29, 1.82) is 0 Å². The van der Waals surface area contributed by atoms with E-state index < -0.39 is 10.0 Å². The molecule has 0 atom stereocenters. The van der Waals surface area contributed by atoms with E-state index in [2.05, 4.69) is 5.32 Å². The van der Waals surface area contributed by atoms with Gasteiger partial charge in [-0.05, 0) is 18.6 Å². The van der Waals surface area contributed by atoms with Gasteiger partial charge in [-0.15, -0.1) is 0 Å². The van der Waals surface area contributed by atoms with E-state index in [9.17, 15) is 13.2 Å².